The van der Waals surface area contributed by atoms with Crippen molar-refractivity contribution in [3.8, 4) is 0 Å². The second-order valence-electron chi connectivity index (χ2n) is 8.35. The summed E-state index contributed by atoms with van der Waals surface area (Å²) in [6.07, 6.45) is 4.34. The molecule has 3 heteroatoms. The monoisotopic (exact) mass is 389 g/mol. The molecule has 0 bridgehead atoms. The van der Waals surface area contributed by atoms with E-state index in [1.54, 1.807) is 0 Å². The molecule has 1 aliphatic carbocycles. The summed E-state index contributed by atoms with van der Waals surface area (Å²) in [6.45, 7) is 15.1. The minimum absolute atomic E-state index is 0.318. The summed E-state index contributed by atoms with van der Waals surface area (Å²) in [5.74, 6) is 1.94. The van der Waals surface area contributed by atoms with Gasteiger partial charge in [0, 0.05) is 17.3 Å². The van der Waals surface area contributed by atoms with Gasteiger partial charge in [-0.3, -0.25) is 0 Å². The van der Waals surface area contributed by atoms with Gasteiger partial charge in [-0.05, 0) is 72.9 Å². The lowest BCUT2D eigenvalue weighted by Gasteiger charge is -2.35. The second-order valence-corrected chi connectivity index (χ2v) is 8.35. The molecule has 0 fully saturated rings. The van der Waals surface area contributed by atoms with E-state index in [-0.39, 0.29) is 0 Å². The maximum absolute atomic E-state index is 4.59. The molecule has 0 radical (unpaired) electrons. The molecule has 3 aromatic rings. The fourth-order valence-electron chi connectivity index (χ4n) is 4.33. The maximum Gasteiger partial charge on any atom is 0.125 e. The molecule has 0 saturated heterocycles. The zero-order valence-electron chi connectivity index (χ0n) is 19.0. The summed E-state index contributed by atoms with van der Waals surface area (Å²) in [5, 5.41) is 4.96. The molecule has 0 spiro atoms. The van der Waals surface area contributed by atoms with Crippen LogP contribution in [0.1, 0.15) is 81.1 Å². The molecular weight excluding hydrogens is 354 g/mol. The Morgan fingerprint density at radius 1 is 1.10 bits per heavy atom. The number of nitrogens with one attached hydrogen (secondary N) is 1. The van der Waals surface area contributed by atoms with Crippen LogP contribution in [0.3, 0.4) is 0 Å². The van der Waals surface area contributed by atoms with Gasteiger partial charge in [-0.2, -0.15) is 0 Å². The number of hydrogen-bond donors (Lipinski definition) is 1. The number of aryl methyl sites for hydroxylation is 2. The van der Waals surface area contributed by atoms with E-state index in [4.69, 9.17) is 0 Å². The van der Waals surface area contributed by atoms with Crippen molar-refractivity contribution in [3.05, 3.63) is 64.6 Å². The van der Waals surface area contributed by atoms with Crippen LogP contribution in [-0.2, 0) is 6.42 Å². The highest BCUT2D eigenvalue weighted by Crippen LogP contribution is 2.40. The van der Waals surface area contributed by atoms with E-state index in [1.165, 1.54) is 35.1 Å². The number of benzene rings is 2. The molecule has 29 heavy (non-hydrogen) atoms. The van der Waals surface area contributed by atoms with E-state index in [1.807, 2.05) is 27.0 Å². The molecule has 4 rings (SSSR count). The van der Waals surface area contributed by atoms with Gasteiger partial charge in [-0.1, -0.05) is 52.8 Å². The first-order valence-electron chi connectivity index (χ1n) is 11.1. The first-order chi connectivity index (χ1) is 13.9. The molecule has 1 heterocycles. The van der Waals surface area contributed by atoms with Gasteiger partial charge in [0.25, 0.3) is 0 Å². The van der Waals surface area contributed by atoms with Gasteiger partial charge in [0.2, 0.25) is 0 Å². The van der Waals surface area contributed by atoms with Crippen LogP contribution < -0.4 is 5.32 Å². The topological polar surface area (TPSA) is 37.8 Å². The predicted octanol–water partition coefficient (Wildman–Crippen LogP) is 7.13. The van der Waals surface area contributed by atoms with E-state index < -0.39 is 0 Å². The zero-order valence-corrected chi connectivity index (χ0v) is 19.0. The average Bonchev–Trinajstić information content (AvgIpc) is 2.71. The van der Waals surface area contributed by atoms with Crippen molar-refractivity contribution in [2.24, 2.45) is 5.92 Å². The van der Waals surface area contributed by atoms with Crippen molar-refractivity contribution < 1.29 is 0 Å². The molecule has 0 amide bonds. The Kier molecular flexibility index (Phi) is 6.56. The molecule has 2 aromatic carbocycles. The molecule has 154 valence electrons. The molecule has 3 nitrogen and oxygen atoms in total. The molecule has 1 N–H and O–H groups in total. The number of hydrogen-bond acceptors (Lipinski definition) is 3. The summed E-state index contributed by atoms with van der Waals surface area (Å²) in [4.78, 5) is 9.02. The zero-order chi connectivity index (χ0) is 21.1. The lowest BCUT2D eigenvalue weighted by atomic mass is 9.77. The Balaban J connectivity index is 0.00000117. The largest absolute Gasteiger partial charge is 0.377 e. The van der Waals surface area contributed by atoms with Crippen LogP contribution in [0, 0.1) is 19.8 Å². The van der Waals surface area contributed by atoms with Crippen molar-refractivity contribution in [3.63, 3.8) is 0 Å². The number of fused-ring (bicyclic) bond motifs is 2. The minimum atomic E-state index is 0.318. The normalized spacial score (nSPS) is 18.2. The molecule has 2 unspecified atom stereocenters. The van der Waals surface area contributed by atoms with Crippen molar-refractivity contribution in [1.29, 1.82) is 0 Å². The lowest BCUT2D eigenvalue weighted by molar-refractivity contribution is 0.433. The van der Waals surface area contributed by atoms with Crippen LogP contribution in [0.4, 0.5) is 5.69 Å². The van der Waals surface area contributed by atoms with Gasteiger partial charge in [0.05, 0.1) is 11.6 Å². The van der Waals surface area contributed by atoms with E-state index >= 15 is 0 Å². The van der Waals surface area contributed by atoms with Gasteiger partial charge in [-0.25, -0.2) is 9.97 Å². The van der Waals surface area contributed by atoms with Crippen LogP contribution in [0.15, 0.2) is 36.5 Å². The summed E-state index contributed by atoms with van der Waals surface area (Å²) in [6, 6.07) is 11.4. The number of aromatic nitrogens is 2. The fraction of sp³-hybridized carbons (Fsp3) is 0.462. The van der Waals surface area contributed by atoms with Gasteiger partial charge >= 0.3 is 0 Å². The van der Waals surface area contributed by atoms with E-state index in [9.17, 15) is 0 Å². The van der Waals surface area contributed by atoms with Gasteiger partial charge in [-0.15, -0.1) is 0 Å². The van der Waals surface area contributed by atoms with E-state index in [2.05, 4.69) is 73.3 Å². The number of rotatable bonds is 3. The smallest absolute Gasteiger partial charge is 0.125 e. The highest BCUT2D eigenvalue weighted by Gasteiger charge is 2.28. The third-order valence-corrected chi connectivity index (χ3v) is 6.01. The van der Waals surface area contributed by atoms with Crippen LogP contribution in [0.2, 0.25) is 0 Å². The molecule has 2 atom stereocenters. The second kappa shape index (κ2) is 8.94. The molecule has 0 aliphatic heterocycles. The molecule has 0 saturated carbocycles. The van der Waals surface area contributed by atoms with Crippen LogP contribution >= 0.6 is 0 Å². The van der Waals surface area contributed by atoms with Gasteiger partial charge < -0.3 is 5.32 Å². The lowest BCUT2D eigenvalue weighted by Crippen LogP contribution is -2.26. The Bertz CT molecular complexity index is 991. The molecule has 1 aliphatic rings. The standard InChI is InChI=1S/C24H29N3.C2H6/c1-14(2)18-11-16(4)19-10-9-15(3)24(20(19)12-18)27-23-8-6-7-22-21(23)13-25-17(5)26-22;1-2/h6-8,11-15,24,27H,9-10H2,1-5H3;1-2H3. The number of nitrogens with zero attached hydrogens (tertiary/aromatic N) is 2. The van der Waals surface area contributed by atoms with Gasteiger partial charge in [0.15, 0.2) is 0 Å². The van der Waals surface area contributed by atoms with Crippen LogP contribution in [-0.4, -0.2) is 9.97 Å². The van der Waals surface area contributed by atoms with Crippen molar-refractivity contribution in [2.45, 2.75) is 73.3 Å². The van der Waals surface area contributed by atoms with E-state index in [0.717, 1.165) is 22.4 Å². The van der Waals surface area contributed by atoms with Crippen molar-refractivity contribution >= 4 is 16.6 Å². The van der Waals surface area contributed by atoms with Gasteiger partial charge in [0.1, 0.15) is 5.82 Å². The fourth-order valence-corrected chi connectivity index (χ4v) is 4.33. The third kappa shape index (κ3) is 4.29. The SMILES string of the molecule is CC.Cc1ncc2c(NC3c4cc(C(C)C)cc(C)c4CCC3C)cccc2n1. The molecular formula is C26H35N3. The Hall–Kier alpha value is -2.42. The summed E-state index contributed by atoms with van der Waals surface area (Å²) in [7, 11) is 0. The summed E-state index contributed by atoms with van der Waals surface area (Å²) in [5.41, 5.74) is 8.01. The number of anilines is 1. The summed E-state index contributed by atoms with van der Waals surface area (Å²) < 4.78 is 0. The predicted molar refractivity (Wildman–Crippen MR) is 125 cm³/mol. The van der Waals surface area contributed by atoms with Crippen molar-refractivity contribution in [2.75, 3.05) is 5.32 Å². The average molecular weight is 390 g/mol. The molecule has 1 aromatic heterocycles. The quantitative estimate of drug-likeness (QED) is 0.517. The summed E-state index contributed by atoms with van der Waals surface area (Å²) >= 11 is 0. The highest BCUT2D eigenvalue weighted by molar-refractivity contribution is 5.90. The Morgan fingerprint density at radius 2 is 1.86 bits per heavy atom. The van der Waals surface area contributed by atoms with Crippen molar-refractivity contribution in [1.82, 2.24) is 9.97 Å². The Morgan fingerprint density at radius 3 is 2.59 bits per heavy atom. The van der Waals surface area contributed by atoms with Crippen LogP contribution in [0.5, 0.6) is 0 Å². The Labute approximate surface area is 176 Å². The highest BCUT2D eigenvalue weighted by atomic mass is 14.9. The minimum Gasteiger partial charge on any atom is -0.377 e. The van der Waals surface area contributed by atoms with Crippen LogP contribution in [0.25, 0.3) is 10.9 Å². The van der Waals surface area contributed by atoms with E-state index in [0.29, 0.717) is 17.9 Å². The first-order valence-corrected chi connectivity index (χ1v) is 11.1. The maximum atomic E-state index is 4.59. The third-order valence-electron chi connectivity index (χ3n) is 6.01. The first kappa shape index (κ1) is 21.3.